The SMILES string of the molecule is OC1(C[C@H]2CCCCN2)CCCCC1. The van der Waals surface area contributed by atoms with Crippen molar-refractivity contribution in [1.29, 1.82) is 0 Å². The molecule has 1 saturated carbocycles. The molecule has 2 rings (SSSR count). The molecule has 1 saturated heterocycles. The van der Waals surface area contributed by atoms with Crippen LogP contribution < -0.4 is 5.32 Å². The summed E-state index contributed by atoms with van der Waals surface area (Å²) in [6.07, 6.45) is 10.8. The monoisotopic (exact) mass is 197 g/mol. The summed E-state index contributed by atoms with van der Waals surface area (Å²) in [4.78, 5) is 0. The number of hydrogen-bond acceptors (Lipinski definition) is 2. The first-order valence-corrected chi connectivity index (χ1v) is 6.24. The molecule has 1 aliphatic heterocycles. The molecule has 82 valence electrons. The van der Waals surface area contributed by atoms with Crippen molar-refractivity contribution in [3.05, 3.63) is 0 Å². The zero-order chi connectivity index (χ0) is 9.86. The number of aliphatic hydroxyl groups is 1. The zero-order valence-corrected chi connectivity index (χ0v) is 9.10. The largest absolute Gasteiger partial charge is 0.390 e. The highest BCUT2D eigenvalue weighted by atomic mass is 16.3. The lowest BCUT2D eigenvalue weighted by Gasteiger charge is -2.36. The molecule has 0 aromatic rings. The van der Waals surface area contributed by atoms with Crippen LogP contribution in [0.4, 0.5) is 0 Å². The van der Waals surface area contributed by atoms with Crippen molar-refractivity contribution in [3.63, 3.8) is 0 Å². The van der Waals surface area contributed by atoms with E-state index in [1.165, 1.54) is 38.5 Å². The van der Waals surface area contributed by atoms with Crippen LogP contribution in [0, 0.1) is 0 Å². The van der Waals surface area contributed by atoms with Crippen molar-refractivity contribution in [2.24, 2.45) is 0 Å². The van der Waals surface area contributed by atoms with Gasteiger partial charge in [0, 0.05) is 6.04 Å². The Hall–Kier alpha value is -0.0800. The first-order chi connectivity index (χ1) is 6.79. The third-order valence-electron chi connectivity index (χ3n) is 3.82. The van der Waals surface area contributed by atoms with Gasteiger partial charge in [0.1, 0.15) is 0 Å². The molecule has 0 bridgehead atoms. The van der Waals surface area contributed by atoms with Crippen LogP contribution >= 0.6 is 0 Å². The fraction of sp³-hybridized carbons (Fsp3) is 1.00. The summed E-state index contributed by atoms with van der Waals surface area (Å²) in [7, 11) is 0. The maximum atomic E-state index is 10.4. The maximum Gasteiger partial charge on any atom is 0.0662 e. The molecule has 0 amide bonds. The molecule has 2 nitrogen and oxygen atoms in total. The summed E-state index contributed by atoms with van der Waals surface area (Å²) in [5, 5.41) is 13.9. The molecule has 14 heavy (non-hydrogen) atoms. The Morgan fingerprint density at radius 2 is 1.86 bits per heavy atom. The normalized spacial score (nSPS) is 32.8. The molecular formula is C12H23NO. The summed E-state index contributed by atoms with van der Waals surface area (Å²) >= 11 is 0. The zero-order valence-electron chi connectivity index (χ0n) is 9.10. The first kappa shape index (κ1) is 10.4. The predicted molar refractivity (Wildman–Crippen MR) is 58.3 cm³/mol. The van der Waals surface area contributed by atoms with Crippen LogP contribution in [0.25, 0.3) is 0 Å². The maximum absolute atomic E-state index is 10.4. The van der Waals surface area contributed by atoms with Crippen LogP contribution in [0.1, 0.15) is 57.8 Å². The van der Waals surface area contributed by atoms with Crippen LogP contribution in [0.5, 0.6) is 0 Å². The minimum atomic E-state index is -0.326. The van der Waals surface area contributed by atoms with Crippen molar-refractivity contribution in [3.8, 4) is 0 Å². The van der Waals surface area contributed by atoms with Gasteiger partial charge in [-0.25, -0.2) is 0 Å². The quantitative estimate of drug-likeness (QED) is 0.711. The average molecular weight is 197 g/mol. The van der Waals surface area contributed by atoms with Crippen molar-refractivity contribution in [2.75, 3.05) is 6.54 Å². The summed E-state index contributed by atoms with van der Waals surface area (Å²) in [6, 6.07) is 0.590. The van der Waals surface area contributed by atoms with Crippen LogP contribution in [-0.4, -0.2) is 23.3 Å². The van der Waals surface area contributed by atoms with Gasteiger partial charge in [0.25, 0.3) is 0 Å². The standard InChI is InChI=1S/C12H23NO/c14-12(7-3-1-4-8-12)10-11-6-2-5-9-13-11/h11,13-14H,1-10H2/t11-/m1/s1. The highest BCUT2D eigenvalue weighted by Gasteiger charge is 2.32. The van der Waals surface area contributed by atoms with Crippen molar-refractivity contribution in [2.45, 2.75) is 69.4 Å². The van der Waals surface area contributed by atoms with Gasteiger partial charge in [0.15, 0.2) is 0 Å². The summed E-state index contributed by atoms with van der Waals surface area (Å²) in [5.74, 6) is 0. The summed E-state index contributed by atoms with van der Waals surface area (Å²) in [5.41, 5.74) is -0.326. The van der Waals surface area contributed by atoms with E-state index in [1.807, 2.05) is 0 Å². The van der Waals surface area contributed by atoms with Gasteiger partial charge in [0.2, 0.25) is 0 Å². The van der Waals surface area contributed by atoms with Gasteiger partial charge >= 0.3 is 0 Å². The molecule has 1 aliphatic carbocycles. The molecular weight excluding hydrogens is 174 g/mol. The fourth-order valence-corrected chi connectivity index (χ4v) is 2.97. The van der Waals surface area contributed by atoms with E-state index in [4.69, 9.17) is 0 Å². The van der Waals surface area contributed by atoms with Crippen LogP contribution in [0.3, 0.4) is 0 Å². The van der Waals surface area contributed by atoms with Crippen LogP contribution in [0.2, 0.25) is 0 Å². The predicted octanol–water partition coefficient (Wildman–Crippen LogP) is 2.21. The molecule has 2 fully saturated rings. The highest BCUT2D eigenvalue weighted by molar-refractivity contribution is 4.88. The topological polar surface area (TPSA) is 32.3 Å². The van der Waals surface area contributed by atoms with Gasteiger partial charge in [-0.3, -0.25) is 0 Å². The van der Waals surface area contributed by atoms with Gasteiger partial charge in [-0.1, -0.05) is 25.7 Å². The van der Waals surface area contributed by atoms with E-state index in [1.54, 1.807) is 0 Å². The van der Waals surface area contributed by atoms with E-state index >= 15 is 0 Å². The minimum absolute atomic E-state index is 0.326. The second-order valence-electron chi connectivity index (χ2n) is 5.14. The van der Waals surface area contributed by atoms with Gasteiger partial charge in [0.05, 0.1) is 5.60 Å². The van der Waals surface area contributed by atoms with Crippen LogP contribution in [0.15, 0.2) is 0 Å². The van der Waals surface area contributed by atoms with E-state index in [9.17, 15) is 5.11 Å². The van der Waals surface area contributed by atoms with Gasteiger partial charge < -0.3 is 10.4 Å². The smallest absolute Gasteiger partial charge is 0.0662 e. The Morgan fingerprint density at radius 1 is 1.07 bits per heavy atom. The van der Waals surface area contributed by atoms with Crippen molar-refractivity contribution in [1.82, 2.24) is 5.32 Å². The number of piperidine rings is 1. The highest BCUT2D eigenvalue weighted by Crippen LogP contribution is 2.33. The Balaban J connectivity index is 1.81. The third-order valence-corrected chi connectivity index (χ3v) is 3.82. The molecule has 1 heterocycles. The molecule has 1 atom stereocenters. The summed E-state index contributed by atoms with van der Waals surface area (Å²) < 4.78 is 0. The minimum Gasteiger partial charge on any atom is -0.390 e. The van der Waals surface area contributed by atoms with Gasteiger partial charge in [-0.15, -0.1) is 0 Å². The molecule has 2 aliphatic rings. The van der Waals surface area contributed by atoms with Gasteiger partial charge in [-0.2, -0.15) is 0 Å². The van der Waals surface area contributed by atoms with E-state index in [0.717, 1.165) is 25.8 Å². The third kappa shape index (κ3) is 2.71. The van der Waals surface area contributed by atoms with Crippen LogP contribution in [-0.2, 0) is 0 Å². The summed E-state index contributed by atoms with van der Waals surface area (Å²) in [6.45, 7) is 1.15. The molecule has 0 unspecified atom stereocenters. The molecule has 0 radical (unpaired) electrons. The number of rotatable bonds is 2. The molecule has 0 aromatic heterocycles. The Bertz CT molecular complexity index is 169. The lowest BCUT2D eigenvalue weighted by Crippen LogP contribution is -2.43. The molecule has 2 heteroatoms. The lowest BCUT2D eigenvalue weighted by molar-refractivity contribution is -0.0144. The van der Waals surface area contributed by atoms with E-state index in [2.05, 4.69) is 5.32 Å². The number of nitrogens with one attached hydrogen (secondary N) is 1. The van der Waals surface area contributed by atoms with E-state index in [-0.39, 0.29) is 5.60 Å². The van der Waals surface area contributed by atoms with Gasteiger partial charge in [-0.05, 0) is 38.6 Å². The molecule has 2 N–H and O–H groups in total. The Labute approximate surface area is 87.1 Å². The lowest BCUT2D eigenvalue weighted by atomic mass is 9.79. The second-order valence-corrected chi connectivity index (χ2v) is 5.14. The molecule has 0 aromatic carbocycles. The van der Waals surface area contributed by atoms with E-state index < -0.39 is 0 Å². The first-order valence-electron chi connectivity index (χ1n) is 6.24. The Morgan fingerprint density at radius 3 is 2.50 bits per heavy atom. The van der Waals surface area contributed by atoms with E-state index in [0.29, 0.717) is 6.04 Å². The molecule has 0 spiro atoms. The van der Waals surface area contributed by atoms with Crippen molar-refractivity contribution < 1.29 is 5.11 Å². The van der Waals surface area contributed by atoms with Crippen molar-refractivity contribution >= 4 is 0 Å². The fourth-order valence-electron chi connectivity index (χ4n) is 2.97. The number of hydrogen-bond donors (Lipinski definition) is 2. The Kier molecular flexibility index (Phi) is 3.45. The second kappa shape index (κ2) is 4.63. The average Bonchev–Trinajstić information content (AvgIpc) is 2.19.